The first kappa shape index (κ1) is 19.2. The first-order valence-corrected chi connectivity index (χ1v) is 6.93. The van der Waals surface area contributed by atoms with Crippen LogP contribution in [0.5, 0.6) is 0 Å². The molecule has 1 unspecified atom stereocenters. The number of carboxylic acids is 1. The molecule has 7 heteroatoms. The van der Waals surface area contributed by atoms with Gasteiger partial charge in [0.25, 0.3) is 0 Å². The van der Waals surface area contributed by atoms with Crippen LogP contribution in [0.25, 0.3) is 0 Å². The first-order valence-electron chi connectivity index (χ1n) is 6.93. The van der Waals surface area contributed by atoms with Gasteiger partial charge in [-0.3, -0.25) is 9.59 Å². The Morgan fingerprint density at radius 2 is 1.43 bits per heavy atom. The third-order valence-corrected chi connectivity index (χ3v) is 3.70. The lowest BCUT2D eigenvalue weighted by Gasteiger charge is -2.38. The number of rotatable bonds is 6. The Bertz CT molecular complexity index is 416. The fourth-order valence-corrected chi connectivity index (χ4v) is 1.42. The van der Waals surface area contributed by atoms with Gasteiger partial charge in [-0.05, 0) is 48.5 Å². The maximum Gasteiger partial charge on any atom is 0.315 e. The number of hydrogen-bond acceptors (Lipinski definition) is 3. The second kappa shape index (κ2) is 6.78. The van der Waals surface area contributed by atoms with Gasteiger partial charge >= 0.3 is 12.0 Å². The quantitative estimate of drug-likeness (QED) is 0.589. The fraction of sp³-hybridized carbons (Fsp3) is 0.786. The Kier molecular flexibility index (Phi) is 6.20. The highest BCUT2D eigenvalue weighted by atomic mass is 16.4. The topological polar surface area (TPSA) is 108 Å². The van der Waals surface area contributed by atoms with E-state index >= 15 is 0 Å². The normalized spacial score (nSPS) is 13.5. The minimum atomic E-state index is -1.16. The molecule has 0 spiro atoms. The molecule has 0 fully saturated rings. The Labute approximate surface area is 125 Å². The molecular formula is C14H27N3O4. The molecule has 7 nitrogen and oxygen atoms in total. The zero-order chi connectivity index (χ0) is 17.0. The van der Waals surface area contributed by atoms with Gasteiger partial charge in [0.1, 0.15) is 6.04 Å². The molecule has 0 aliphatic heterocycles. The third kappa shape index (κ3) is 5.24. The second-order valence-corrected chi connectivity index (χ2v) is 6.54. The van der Waals surface area contributed by atoms with Crippen LogP contribution < -0.4 is 16.0 Å². The molecule has 122 valence electrons. The summed E-state index contributed by atoms with van der Waals surface area (Å²) in [7, 11) is 0. The Balaban J connectivity index is 4.70. The van der Waals surface area contributed by atoms with Gasteiger partial charge in [-0.15, -0.1) is 0 Å². The molecule has 0 radical (unpaired) electrons. The summed E-state index contributed by atoms with van der Waals surface area (Å²) in [6.07, 6.45) is 0. The molecule has 0 rings (SSSR count). The minimum absolute atomic E-state index is 0.0211. The van der Waals surface area contributed by atoms with Crippen LogP contribution in [-0.4, -0.2) is 40.6 Å². The van der Waals surface area contributed by atoms with Crippen LogP contribution in [0, 0.1) is 5.41 Å². The van der Waals surface area contributed by atoms with Crippen LogP contribution in [0.1, 0.15) is 48.5 Å². The lowest BCUT2D eigenvalue weighted by Crippen LogP contribution is -2.60. The van der Waals surface area contributed by atoms with Crippen LogP contribution in [0.4, 0.5) is 4.79 Å². The third-order valence-electron chi connectivity index (χ3n) is 3.70. The smallest absolute Gasteiger partial charge is 0.315 e. The number of amides is 3. The largest absolute Gasteiger partial charge is 0.481 e. The summed E-state index contributed by atoms with van der Waals surface area (Å²) >= 11 is 0. The molecule has 4 N–H and O–H groups in total. The van der Waals surface area contributed by atoms with Crippen molar-refractivity contribution in [2.75, 3.05) is 0 Å². The van der Waals surface area contributed by atoms with Crippen LogP contribution >= 0.6 is 0 Å². The SMILES string of the molecule is CC(C)NC(=O)C(C)NC(=O)NC(C)(C)C(C)(C)C(=O)O. The van der Waals surface area contributed by atoms with Crippen LogP contribution in [0.2, 0.25) is 0 Å². The second-order valence-electron chi connectivity index (χ2n) is 6.54. The molecular weight excluding hydrogens is 274 g/mol. The van der Waals surface area contributed by atoms with Gasteiger partial charge in [0.2, 0.25) is 5.91 Å². The van der Waals surface area contributed by atoms with Gasteiger partial charge in [-0.25, -0.2) is 4.79 Å². The molecule has 0 aromatic carbocycles. The Hall–Kier alpha value is -1.79. The summed E-state index contributed by atoms with van der Waals surface area (Å²) in [5, 5.41) is 17.0. The summed E-state index contributed by atoms with van der Waals surface area (Å²) in [5.41, 5.74) is -2.15. The van der Waals surface area contributed by atoms with E-state index in [4.69, 9.17) is 0 Å². The maximum absolute atomic E-state index is 11.9. The van der Waals surface area contributed by atoms with Crippen molar-refractivity contribution < 1.29 is 19.5 Å². The standard InChI is InChI=1S/C14H27N3O4/c1-8(2)15-10(18)9(3)16-12(21)17-14(6,7)13(4,5)11(19)20/h8-9H,1-7H3,(H,15,18)(H,19,20)(H2,16,17,21). The molecule has 0 aromatic heterocycles. The lowest BCUT2D eigenvalue weighted by molar-refractivity contribution is -0.150. The summed E-state index contributed by atoms with van der Waals surface area (Å²) < 4.78 is 0. The van der Waals surface area contributed by atoms with E-state index in [0.717, 1.165) is 0 Å². The van der Waals surface area contributed by atoms with Gasteiger partial charge < -0.3 is 21.1 Å². The predicted octanol–water partition coefficient (Wildman–Crippen LogP) is 1.09. The van der Waals surface area contributed by atoms with Crippen molar-refractivity contribution in [2.45, 2.75) is 66.1 Å². The number of urea groups is 1. The molecule has 3 amide bonds. The zero-order valence-electron chi connectivity index (χ0n) is 13.8. The molecule has 0 aromatic rings. The number of nitrogens with one attached hydrogen (secondary N) is 3. The molecule has 0 heterocycles. The number of carbonyl (C=O) groups excluding carboxylic acids is 2. The van der Waals surface area contributed by atoms with E-state index in [1.165, 1.54) is 13.8 Å². The van der Waals surface area contributed by atoms with Gasteiger partial charge in [0.15, 0.2) is 0 Å². The molecule has 0 bridgehead atoms. The lowest BCUT2D eigenvalue weighted by atomic mass is 9.74. The van der Waals surface area contributed by atoms with E-state index < -0.39 is 29.0 Å². The Morgan fingerprint density at radius 3 is 1.81 bits per heavy atom. The number of hydrogen-bond donors (Lipinski definition) is 4. The number of aliphatic carboxylic acids is 1. The summed E-state index contributed by atoms with van der Waals surface area (Å²) in [5.74, 6) is -1.31. The highest BCUT2D eigenvalue weighted by molar-refractivity contribution is 5.87. The highest BCUT2D eigenvalue weighted by Crippen LogP contribution is 2.30. The number of carbonyl (C=O) groups is 3. The van der Waals surface area contributed by atoms with Crippen molar-refractivity contribution >= 4 is 17.9 Å². The molecule has 21 heavy (non-hydrogen) atoms. The van der Waals surface area contributed by atoms with E-state index in [1.807, 2.05) is 13.8 Å². The van der Waals surface area contributed by atoms with Crippen molar-refractivity contribution in [1.29, 1.82) is 0 Å². The molecule has 0 saturated carbocycles. The predicted molar refractivity (Wildman–Crippen MR) is 79.9 cm³/mol. The summed E-state index contributed by atoms with van der Waals surface area (Å²) in [4.78, 5) is 34.9. The van der Waals surface area contributed by atoms with E-state index in [9.17, 15) is 19.5 Å². The van der Waals surface area contributed by atoms with Gasteiger partial charge in [-0.2, -0.15) is 0 Å². The Morgan fingerprint density at radius 1 is 0.952 bits per heavy atom. The van der Waals surface area contributed by atoms with Gasteiger partial charge in [0.05, 0.1) is 11.0 Å². The average molecular weight is 301 g/mol. The first-order chi connectivity index (χ1) is 9.31. The van der Waals surface area contributed by atoms with Crippen molar-refractivity contribution in [3.63, 3.8) is 0 Å². The van der Waals surface area contributed by atoms with Crippen molar-refractivity contribution in [2.24, 2.45) is 5.41 Å². The molecule has 0 saturated heterocycles. The highest BCUT2D eigenvalue weighted by Gasteiger charge is 2.44. The average Bonchev–Trinajstić information content (AvgIpc) is 2.26. The van der Waals surface area contributed by atoms with E-state index in [2.05, 4.69) is 16.0 Å². The summed E-state index contributed by atoms with van der Waals surface area (Å²) in [6, 6.07) is -1.32. The van der Waals surface area contributed by atoms with Crippen LogP contribution in [0.3, 0.4) is 0 Å². The summed E-state index contributed by atoms with van der Waals surface area (Å²) in [6.45, 7) is 11.5. The van der Waals surface area contributed by atoms with Crippen LogP contribution in [0.15, 0.2) is 0 Å². The van der Waals surface area contributed by atoms with E-state index in [-0.39, 0.29) is 11.9 Å². The van der Waals surface area contributed by atoms with E-state index in [1.54, 1.807) is 20.8 Å². The van der Waals surface area contributed by atoms with Gasteiger partial charge in [0, 0.05) is 6.04 Å². The molecule has 0 aliphatic rings. The van der Waals surface area contributed by atoms with Crippen molar-refractivity contribution in [1.82, 2.24) is 16.0 Å². The zero-order valence-corrected chi connectivity index (χ0v) is 13.8. The molecule has 1 atom stereocenters. The fourth-order valence-electron chi connectivity index (χ4n) is 1.42. The minimum Gasteiger partial charge on any atom is -0.481 e. The van der Waals surface area contributed by atoms with Crippen molar-refractivity contribution in [3.05, 3.63) is 0 Å². The van der Waals surface area contributed by atoms with Crippen molar-refractivity contribution in [3.8, 4) is 0 Å². The molecule has 0 aliphatic carbocycles. The monoisotopic (exact) mass is 301 g/mol. The van der Waals surface area contributed by atoms with Gasteiger partial charge in [-0.1, -0.05) is 0 Å². The maximum atomic E-state index is 11.9. The van der Waals surface area contributed by atoms with E-state index in [0.29, 0.717) is 0 Å². The van der Waals surface area contributed by atoms with Crippen LogP contribution in [-0.2, 0) is 9.59 Å². The number of carboxylic acid groups (broad SMARTS) is 1.